The Morgan fingerprint density at radius 3 is 2.67 bits per heavy atom. The minimum Gasteiger partial charge on any atom is -0.467 e. The molecule has 1 aliphatic heterocycles. The second-order valence-electron chi connectivity index (χ2n) is 9.02. The molecule has 39 heavy (non-hydrogen) atoms. The van der Waals surface area contributed by atoms with Crippen LogP contribution in [0.4, 0.5) is 24.1 Å². The number of likely N-dealkylation sites (tertiary alicyclic amines) is 1. The Morgan fingerprint density at radius 2 is 2.05 bits per heavy atom. The minimum absolute atomic E-state index is 0.00303. The molecule has 1 fully saturated rings. The number of nitrogen functional groups attached to an aromatic ring is 1. The number of esters is 1. The van der Waals surface area contributed by atoms with Gasteiger partial charge in [-0.15, -0.1) is 0 Å². The van der Waals surface area contributed by atoms with E-state index in [-0.39, 0.29) is 33.9 Å². The number of thiazole rings is 1. The lowest BCUT2D eigenvalue weighted by molar-refractivity contribution is -0.151. The number of amides is 1. The molecule has 11 nitrogen and oxygen atoms in total. The van der Waals surface area contributed by atoms with Crippen LogP contribution in [0.2, 0.25) is 0 Å². The normalized spacial score (nSPS) is 17.0. The lowest BCUT2D eigenvalue weighted by atomic mass is 9.95. The Hall–Kier alpha value is -3.50. The van der Waals surface area contributed by atoms with Crippen LogP contribution in [0.5, 0.6) is 0 Å². The Kier molecular flexibility index (Phi) is 7.73. The monoisotopic (exact) mass is 586 g/mol. The Morgan fingerprint density at radius 1 is 1.33 bits per heavy atom. The highest BCUT2D eigenvalue weighted by Gasteiger charge is 2.43. The molecule has 3 N–H and O–H groups in total. The molecule has 1 aromatic carbocycles. The molecule has 0 bridgehead atoms. The third kappa shape index (κ3) is 5.77. The van der Waals surface area contributed by atoms with Gasteiger partial charge >= 0.3 is 12.1 Å². The van der Waals surface area contributed by atoms with Crippen molar-refractivity contribution in [1.82, 2.24) is 19.6 Å². The van der Waals surface area contributed by atoms with Gasteiger partial charge in [0.25, 0.3) is 10.0 Å². The smallest absolute Gasteiger partial charge is 0.416 e. The SMILES string of the molecule is COC(=O)C(Cc1cc2ccnc(N)c2cc1C(F)(F)F)N1CCC(NS(=O)(=O)c2cnc(N(C)C)s2)C1=O. The number of nitrogens with zero attached hydrogens (tertiary/aromatic N) is 4. The molecule has 4 rings (SSSR count). The number of alkyl halides is 3. The number of benzene rings is 1. The van der Waals surface area contributed by atoms with Crippen molar-refractivity contribution in [3.8, 4) is 0 Å². The van der Waals surface area contributed by atoms with E-state index < -0.39 is 52.1 Å². The van der Waals surface area contributed by atoms with Gasteiger partial charge in [0, 0.05) is 38.6 Å². The summed E-state index contributed by atoms with van der Waals surface area (Å²) in [6.07, 6.45) is -2.81. The van der Waals surface area contributed by atoms with Crippen LogP contribution < -0.4 is 15.4 Å². The van der Waals surface area contributed by atoms with Gasteiger partial charge in [-0.25, -0.2) is 23.2 Å². The number of hydrogen-bond donors (Lipinski definition) is 2. The first-order chi connectivity index (χ1) is 18.2. The lowest BCUT2D eigenvalue weighted by Crippen LogP contribution is -2.48. The number of halogens is 3. The summed E-state index contributed by atoms with van der Waals surface area (Å²) in [7, 11) is 0.315. The highest BCUT2D eigenvalue weighted by atomic mass is 32.2. The largest absolute Gasteiger partial charge is 0.467 e. The van der Waals surface area contributed by atoms with Gasteiger partial charge in [0.1, 0.15) is 17.9 Å². The number of anilines is 2. The molecule has 3 aromatic rings. The van der Waals surface area contributed by atoms with E-state index in [2.05, 4.69) is 14.7 Å². The summed E-state index contributed by atoms with van der Waals surface area (Å²) in [6.45, 7) is -0.0801. The number of methoxy groups -OCH3 is 1. The lowest BCUT2D eigenvalue weighted by Gasteiger charge is -2.27. The van der Waals surface area contributed by atoms with Crippen molar-refractivity contribution in [2.24, 2.45) is 0 Å². The van der Waals surface area contributed by atoms with Gasteiger partial charge in [-0.3, -0.25) is 4.79 Å². The summed E-state index contributed by atoms with van der Waals surface area (Å²) in [6, 6.07) is 0.936. The van der Waals surface area contributed by atoms with E-state index in [0.29, 0.717) is 10.5 Å². The number of rotatable bonds is 8. The van der Waals surface area contributed by atoms with Crippen LogP contribution in [0.3, 0.4) is 0 Å². The molecule has 0 aliphatic carbocycles. The predicted octanol–water partition coefficient (Wildman–Crippen LogP) is 2.02. The van der Waals surface area contributed by atoms with E-state index in [1.807, 2.05) is 0 Å². The maximum atomic E-state index is 14.0. The second-order valence-corrected chi connectivity index (χ2v) is 12.0. The van der Waals surface area contributed by atoms with Crippen LogP contribution in [-0.2, 0) is 36.9 Å². The molecule has 0 saturated carbocycles. The molecule has 1 aliphatic rings. The Balaban J connectivity index is 1.63. The van der Waals surface area contributed by atoms with E-state index >= 15 is 0 Å². The molecule has 210 valence electrons. The third-order valence-electron chi connectivity index (χ3n) is 6.24. The average Bonchev–Trinajstić information content (AvgIpc) is 3.50. The topological polar surface area (TPSA) is 148 Å². The predicted molar refractivity (Wildman–Crippen MR) is 138 cm³/mol. The summed E-state index contributed by atoms with van der Waals surface area (Å²) in [5, 5.41) is 0.901. The number of pyridine rings is 1. The van der Waals surface area contributed by atoms with Crippen molar-refractivity contribution in [3.05, 3.63) is 41.7 Å². The molecular weight excluding hydrogens is 561 g/mol. The fraction of sp³-hybridized carbons (Fsp3) is 0.391. The molecule has 2 unspecified atom stereocenters. The number of hydrogen-bond acceptors (Lipinski definition) is 10. The number of nitrogens with two attached hydrogens (primary N) is 1. The van der Waals surface area contributed by atoms with Gasteiger partial charge in [-0.05, 0) is 29.5 Å². The number of aromatic nitrogens is 2. The van der Waals surface area contributed by atoms with Crippen LogP contribution in [0.15, 0.2) is 34.8 Å². The zero-order chi connectivity index (χ0) is 28.7. The van der Waals surface area contributed by atoms with Gasteiger partial charge in [0.05, 0.1) is 18.9 Å². The van der Waals surface area contributed by atoms with Gasteiger partial charge in [-0.2, -0.15) is 17.9 Å². The van der Waals surface area contributed by atoms with Gasteiger partial charge in [-0.1, -0.05) is 17.4 Å². The first-order valence-electron chi connectivity index (χ1n) is 11.5. The quantitative estimate of drug-likeness (QED) is 0.378. The summed E-state index contributed by atoms with van der Waals surface area (Å²) in [4.78, 5) is 36.5. The highest BCUT2D eigenvalue weighted by molar-refractivity contribution is 7.91. The van der Waals surface area contributed by atoms with E-state index in [1.165, 1.54) is 18.3 Å². The first kappa shape index (κ1) is 28.5. The number of nitrogens with one attached hydrogen (secondary N) is 1. The minimum atomic E-state index is -4.79. The number of sulfonamides is 1. The fourth-order valence-electron chi connectivity index (χ4n) is 4.34. The number of carbonyl (C=O) groups is 2. The van der Waals surface area contributed by atoms with Gasteiger partial charge in [0.15, 0.2) is 9.34 Å². The molecule has 0 radical (unpaired) electrons. The number of ether oxygens (including phenoxy) is 1. The van der Waals surface area contributed by atoms with Crippen molar-refractivity contribution >= 4 is 55.0 Å². The van der Waals surface area contributed by atoms with Crippen LogP contribution in [0, 0.1) is 0 Å². The average molecular weight is 587 g/mol. The Bertz CT molecular complexity index is 1530. The van der Waals surface area contributed by atoms with Crippen molar-refractivity contribution < 1.29 is 35.9 Å². The summed E-state index contributed by atoms with van der Waals surface area (Å²) < 4.78 is 74.8. The van der Waals surface area contributed by atoms with Crippen LogP contribution in [0.25, 0.3) is 10.8 Å². The van der Waals surface area contributed by atoms with Crippen molar-refractivity contribution in [2.45, 2.75) is 35.3 Å². The molecule has 2 atom stereocenters. The van der Waals surface area contributed by atoms with Gasteiger partial charge in [0.2, 0.25) is 5.91 Å². The number of carbonyl (C=O) groups excluding carboxylic acids is 2. The summed E-state index contributed by atoms with van der Waals surface area (Å²) >= 11 is 0.901. The highest BCUT2D eigenvalue weighted by Crippen LogP contribution is 2.37. The molecule has 3 heterocycles. The number of fused-ring (bicyclic) bond motifs is 1. The molecule has 1 amide bonds. The third-order valence-corrected chi connectivity index (χ3v) is 9.34. The van der Waals surface area contributed by atoms with E-state index in [4.69, 9.17) is 10.5 Å². The van der Waals surface area contributed by atoms with E-state index in [0.717, 1.165) is 35.6 Å². The van der Waals surface area contributed by atoms with Crippen LogP contribution >= 0.6 is 11.3 Å². The van der Waals surface area contributed by atoms with Gasteiger partial charge < -0.3 is 20.3 Å². The molecule has 0 spiro atoms. The van der Waals surface area contributed by atoms with Crippen molar-refractivity contribution in [3.63, 3.8) is 0 Å². The molecule has 2 aromatic heterocycles. The zero-order valence-electron chi connectivity index (χ0n) is 21.0. The molecule has 1 saturated heterocycles. The fourth-order valence-corrected chi connectivity index (χ4v) is 6.62. The summed E-state index contributed by atoms with van der Waals surface area (Å²) in [5.41, 5.74) is 4.48. The van der Waals surface area contributed by atoms with E-state index in [9.17, 15) is 31.2 Å². The standard InChI is InChI=1S/C23H25F3N6O5S2/c1-31(2)22-29-11-18(38-22)39(35,36)30-16-5-7-32(20(16)33)17(21(34)37-3)9-13-8-12-4-6-28-19(27)14(12)10-15(13)23(24,25)26/h4,6,8,10-11,16-17,30H,5,7,9H2,1-3H3,(H2,27,28). The zero-order valence-corrected chi connectivity index (χ0v) is 22.7. The first-order valence-corrected chi connectivity index (χ1v) is 13.8. The molecule has 16 heteroatoms. The van der Waals surface area contributed by atoms with Crippen molar-refractivity contribution in [2.75, 3.05) is 38.4 Å². The van der Waals surface area contributed by atoms with Crippen molar-refractivity contribution in [1.29, 1.82) is 0 Å². The van der Waals surface area contributed by atoms with Crippen LogP contribution in [-0.4, -0.2) is 75.0 Å². The van der Waals surface area contributed by atoms with Crippen LogP contribution in [0.1, 0.15) is 17.5 Å². The maximum absolute atomic E-state index is 14.0. The molecular formula is C23H25F3N6O5S2. The second kappa shape index (κ2) is 10.6. The summed E-state index contributed by atoms with van der Waals surface area (Å²) in [5.74, 6) is -1.78. The van der Waals surface area contributed by atoms with E-state index in [1.54, 1.807) is 19.0 Å². The Labute approximate surface area is 225 Å². The maximum Gasteiger partial charge on any atom is 0.416 e.